The minimum Gasteiger partial charge on any atom is -0.454 e. The number of nitrogens with zero attached hydrogens (tertiary/aromatic N) is 6. The first-order chi connectivity index (χ1) is 18.8. The summed E-state index contributed by atoms with van der Waals surface area (Å²) in [6.07, 6.45) is 3.01. The summed E-state index contributed by atoms with van der Waals surface area (Å²) in [5.41, 5.74) is 2.41. The molecule has 0 saturated carbocycles. The van der Waals surface area contributed by atoms with Crippen LogP contribution in [-0.4, -0.2) is 67.0 Å². The third kappa shape index (κ3) is 5.30. The van der Waals surface area contributed by atoms with Gasteiger partial charge in [-0.05, 0) is 41.5 Å². The van der Waals surface area contributed by atoms with Gasteiger partial charge < -0.3 is 24.3 Å². The number of ether oxygens (including phenoxy) is 2. The number of H-pyrrole nitrogens is 1. The van der Waals surface area contributed by atoms with E-state index >= 15 is 8.78 Å². The predicted octanol–water partition coefficient (Wildman–Crippen LogP) is 5.49. The molecule has 0 spiro atoms. The highest BCUT2D eigenvalue weighted by molar-refractivity contribution is 5.83. The van der Waals surface area contributed by atoms with Crippen molar-refractivity contribution in [1.29, 1.82) is 0 Å². The lowest BCUT2D eigenvalue weighted by atomic mass is 10.1. The van der Waals surface area contributed by atoms with Crippen molar-refractivity contribution < 1.29 is 23.0 Å². The van der Waals surface area contributed by atoms with E-state index in [9.17, 15) is 4.79 Å². The van der Waals surface area contributed by atoms with Crippen molar-refractivity contribution in [2.24, 2.45) is 7.05 Å². The Balaban J connectivity index is 1.39. The van der Waals surface area contributed by atoms with Crippen molar-refractivity contribution in [3.8, 4) is 22.9 Å². The summed E-state index contributed by atoms with van der Waals surface area (Å²) in [6, 6.07) is 2.00. The molecule has 1 aromatic carbocycles. The van der Waals surface area contributed by atoms with Crippen LogP contribution in [0.3, 0.4) is 0 Å². The fourth-order valence-corrected chi connectivity index (χ4v) is 4.90. The molecule has 1 fully saturated rings. The largest absolute Gasteiger partial charge is 0.454 e. The molecule has 1 saturated heterocycles. The number of nitrogens with one attached hydrogen (secondary N) is 1. The molecule has 1 aliphatic rings. The van der Waals surface area contributed by atoms with Gasteiger partial charge >= 0.3 is 6.09 Å². The van der Waals surface area contributed by atoms with E-state index in [1.54, 1.807) is 48.4 Å². The van der Waals surface area contributed by atoms with E-state index in [0.717, 1.165) is 11.3 Å². The van der Waals surface area contributed by atoms with Gasteiger partial charge in [0.2, 0.25) is 0 Å². The van der Waals surface area contributed by atoms with Crippen molar-refractivity contribution in [2.75, 3.05) is 24.5 Å². The maximum absolute atomic E-state index is 15.4. The number of hydrogen-bond donors (Lipinski definition) is 1. The second-order valence-electron chi connectivity index (χ2n) is 11.2. The fourth-order valence-electron chi connectivity index (χ4n) is 4.90. The first-order valence-electron chi connectivity index (χ1n) is 13.1. The molecule has 1 atom stereocenters. The van der Waals surface area contributed by atoms with Gasteiger partial charge in [-0.3, -0.25) is 4.68 Å². The number of pyridine rings is 1. The van der Waals surface area contributed by atoms with Gasteiger partial charge in [-0.25, -0.2) is 23.5 Å². The summed E-state index contributed by atoms with van der Waals surface area (Å²) in [7, 11) is 1.82. The molecular weight excluding hydrogens is 520 g/mol. The van der Waals surface area contributed by atoms with Crippen molar-refractivity contribution in [2.45, 2.75) is 53.2 Å². The molecule has 1 N–H and O–H groups in total. The maximum atomic E-state index is 15.4. The summed E-state index contributed by atoms with van der Waals surface area (Å²) in [5, 5.41) is 4.36. The molecule has 4 aromatic rings. The number of imidazole rings is 1. The number of anilines is 1. The smallest absolute Gasteiger partial charge is 0.410 e. The zero-order valence-electron chi connectivity index (χ0n) is 23.7. The molecule has 4 heterocycles. The number of carbonyl (C=O) groups excluding carboxylic acids is 1. The standard InChI is InChI=1S/C28H33F2N7O3/c1-15-12-31-26-22(32-25(33-26)19-14-35(7)34-17(19)3)24(15)39-18-10-20(29)23(21(30)11-18)37-9-8-36(13-16(37)2)27(38)40-28(4,5)6/h10-12,14,16H,8-9,13H2,1-7H3,(H,31,32,33). The molecule has 1 aliphatic heterocycles. The summed E-state index contributed by atoms with van der Waals surface area (Å²) < 4.78 is 44.0. The molecule has 1 amide bonds. The average molecular weight is 554 g/mol. The Morgan fingerprint density at radius 3 is 2.45 bits per heavy atom. The van der Waals surface area contributed by atoms with Gasteiger partial charge in [0.05, 0.1) is 11.3 Å². The zero-order valence-corrected chi connectivity index (χ0v) is 23.7. The van der Waals surface area contributed by atoms with Gasteiger partial charge in [0, 0.05) is 62.8 Å². The number of aryl methyl sites for hydroxylation is 3. The minimum atomic E-state index is -0.758. The Labute approximate surface area is 230 Å². The minimum absolute atomic E-state index is 0.00287. The van der Waals surface area contributed by atoms with Crippen LogP contribution in [0.25, 0.3) is 22.6 Å². The lowest BCUT2D eigenvalue weighted by molar-refractivity contribution is 0.0218. The molecule has 3 aromatic heterocycles. The molecule has 40 heavy (non-hydrogen) atoms. The number of amides is 1. The van der Waals surface area contributed by atoms with E-state index < -0.39 is 23.3 Å². The number of fused-ring (bicyclic) bond motifs is 1. The Morgan fingerprint density at radius 1 is 1.15 bits per heavy atom. The summed E-state index contributed by atoms with van der Waals surface area (Å²) in [5.74, 6) is -0.575. The van der Waals surface area contributed by atoms with Crippen LogP contribution in [0.1, 0.15) is 39.0 Å². The van der Waals surface area contributed by atoms with Crippen molar-refractivity contribution in [3.63, 3.8) is 0 Å². The molecule has 12 heteroatoms. The lowest BCUT2D eigenvalue weighted by Crippen LogP contribution is -2.55. The van der Waals surface area contributed by atoms with E-state index in [4.69, 9.17) is 9.47 Å². The Morgan fingerprint density at radius 2 is 1.85 bits per heavy atom. The fraction of sp³-hybridized carbons (Fsp3) is 0.429. The van der Waals surface area contributed by atoms with Crippen LogP contribution < -0.4 is 9.64 Å². The van der Waals surface area contributed by atoms with Gasteiger partial charge in [-0.15, -0.1) is 0 Å². The van der Waals surface area contributed by atoms with Gasteiger partial charge in [0.25, 0.3) is 0 Å². The number of halogens is 2. The van der Waals surface area contributed by atoms with Gasteiger partial charge in [0.15, 0.2) is 23.0 Å². The number of hydrogen-bond acceptors (Lipinski definition) is 7. The molecule has 0 radical (unpaired) electrons. The monoisotopic (exact) mass is 553 g/mol. The third-order valence-corrected chi connectivity index (χ3v) is 6.70. The van der Waals surface area contributed by atoms with Crippen molar-refractivity contribution in [3.05, 3.63) is 47.4 Å². The second-order valence-corrected chi connectivity index (χ2v) is 11.2. The van der Waals surface area contributed by atoms with Crippen LogP contribution in [0.15, 0.2) is 24.5 Å². The lowest BCUT2D eigenvalue weighted by Gasteiger charge is -2.41. The molecule has 0 bridgehead atoms. The van der Waals surface area contributed by atoms with Crippen LogP contribution in [0, 0.1) is 25.5 Å². The Bertz CT molecular complexity index is 1570. The van der Waals surface area contributed by atoms with Crippen LogP contribution in [0.2, 0.25) is 0 Å². The molecule has 0 aliphatic carbocycles. The molecule has 1 unspecified atom stereocenters. The van der Waals surface area contributed by atoms with Gasteiger partial charge in [-0.2, -0.15) is 5.10 Å². The second kappa shape index (κ2) is 10.1. The van der Waals surface area contributed by atoms with E-state index in [1.807, 2.05) is 27.1 Å². The van der Waals surface area contributed by atoms with Crippen LogP contribution in [0.5, 0.6) is 11.5 Å². The summed E-state index contributed by atoms with van der Waals surface area (Å²) in [6.45, 7) is 11.7. The normalized spacial score (nSPS) is 16.1. The number of benzene rings is 1. The van der Waals surface area contributed by atoms with Gasteiger partial charge in [-0.1, -0.05) is 0 Å². The molecular formula is C28H33F2N7O3. The Hall–Kier alpha value is -4.22. The number of piperazine rings is 1. The summed E-state index contributed by atoms with van der Waals surface area (Å²) in [4.78, 5) is 27.8. The zero-order chi connectivity index (χ0) is 28.9. The highest BCUT2D eigenvalue weighted by atomic mass is 19.1. The highest BCUT2D eigenvalue weighted by Gasteiger charge is 2.32. The number of carbonyl (C=O) groups is 1. The number of rotatable bonds is 4. The summed E-state index contributed by atoms with van der Waals surface area (Å²) >= 11 is 0. The molecule has 5 rings (SSSR count). The van der Waals surface area contributed by atoms with Crippen molar-refractivity contribution in [1.82, 2.24) is 29.6 Å². The van der Waals surface area contributed by atoms with E-state index in [-0.39, 0.29) is 37.1 Å². The average Bonchev–Trinajstić information content (AvgIpc) is 3.42. The SMILES string of the molecule is Cc1cnc2nc(-c3cn(C)nc3C)[nH]c2c1Oc1cc(F)c(N2CCN(C(=O)OC(C)(C)C)CC2C)c(F)c1. The van der Waals surface area contributed by atoms with Crippen LogP contribution in [0.4, 0.5) is 19.3 Å². The third-order valence-electron chi connectivity index (χ3n) is 6.70. The first-order valence-corrected chi connectivity index (χ1v) is 13.1. The van der Waals surface area contributed by atoms with E-state index in [1.165, 1.54) is 12.1 Å². The quantitative estimate of drug-likeness (QED) is 0.357. The Kier molecular flexibility index (Phi) is 6.89. The molecule has 212 valence electrons. The van der Waals surface area contributed by atoms with E-state index in [2.05, 4.69) is 20.1 Å². The van der Waals surface area contributed by atoms with E-state index in [0.29, 0.717) is 28.3 Å². The topological polar surface area (TPSA) is 101 Å². The highest BCUT2D eigenvalue weighted by Crippen LogP contribution is 2.36. The van der Waals surface area contributed by atoms with Crippen LogP contribution in [-0.2, 0) is 11.8 Å². The van der Waals surface area contributed by atoms with Crippen LogP contribution >= 0.6 is 0 Å². The van der Waals surface area contributed by atoms with Crippen molar-refractivity contribution >= 4 is 22.9 Å². The first kappa shape index (κ1) is 27.4. The molecule has 10 nitrogen and oxygen atoms in total. The predicted molar refractivity (Wildman–Crippen MR) is 147 cm³/mol. The maximum Gasteiger partial charge on any atom is 0.410 e. The number of aromatic amines is 1. The van der Waals surface area contributed by atoms with Gasteiger partial charge in [0.1, 0.15) is 28.4 Å². The number of aromatic nitrogens is 5.